The maximum absolute atomic E-state index is 12.8. The minimum absolute atomic E-state index is 0.0106. The summed E-state index contributed by atoms with van der Waals surface area (Å²) in [6, 6.07) is 24.0. The van der Waals surface area contributed by atoms with E-state index < -0.39 is 42.5 Å². The molecule has 3 rings (SSSR count). The van der Waals surface area contributed by atoms with E-state index in [0.29, 0.717) is 5.75 Å². The number of benzene rings is 3. The third-order valence-electron chi connectivity index (χ3n) is 5.90. The molecule has 3 aromatic rings. The monoisotopic (exact) mass is 561 g/mol. The molecule has 0 aromatic heterocycles. The fourth-order valence-corrected chi connectivity index (χ4v) is 3.80. The standard InChI is InChI=1S/C31H35N3O7/c1-21(2)17-25(33-31(39)41-20-23-13-7-4-8-14-23)29(37)34-30(38)26(35)18-32-28(36)24-15-9-10-16-27(24)40-19-22-11-5-3-6-12-22/h3-16,21,25,30,38H,17-20H2,1-2H3,(H,32,36)(H,33,39)(H,34,37)/t25-,30?/m0/s1. The predicted molar refractivity (Wildman–Crippen MR) is 152 cm³/mol. The molecule has 0 aliphatic carbocycles. The summed E-state index contributed by atoms with van der Waals surface area (Å²) < 4.78 is 11.0. The van der Waals surface area contributed by atoms with Gasteiger partial charge in [-0.15, -0.1) is 0 Å². The zero-order valence-electron chi connectivity index (χ0n) is 23.0. The first-order valence-corrected chi connectivity index (χ1v) is 13.2. The molecule has 1 unspecified atom stereocenters. The normalized spacial score (nSPS) is 12.1. The number of alkyl carbamates (subject to hydrolysis) is 1. The number of ether oxygens (including phenoxy) is 2. The SMILES string of the molecule is CC(C)C[C@H](NC(=O)OCc1ccccc1)C(=O)NC(O)C(=O)CNC(=O)c1ccccc1OCc1ccccc1. The minimum Gasteiger partial charge on any atom is -0.488 e. The molecule has 10 heteroatoms. The van der Waals surface area contributed by atoms with Gasteiger partial charge < -0.3 is 30.5 Å². The first-order valence-electron chi connectivity index (χ1n) is 13.2. The van der Waals surface area contributed by atoms with E-state index >= 15 is 0 Å². The predicted octanol–water partition coefficient (Wildman–Crippen LogP) is 3.34. The summed E-state index contributed by atoms with van der Waals surface area (Å²) >= 11 is 0. The van der Waals surface area contributed by atoms with Gasteiger partial charge in [-0.05, 0) is 35.6 Å². The van der Waals surface area contributed by atoms with E-state index in [0.717, 1.165) is 11.1 Å². The van der Waals surface area contributed by atoms with Crippen LogP contribution in [-0.4, -0.2) is 47.6 Å². The summed E-state index contributed by atoms with van der Waals surface area (Å²) in [7, 11) is 0. The lowest BCUT2D eigenvalue weighted by Crippen LogP contribution is -2.53. The Morgan fingerprint density at radius 3 is 2.00 bits per heavy atom. The molecule has 0 radical (unpaired) electrons. The first-order chi connectivity index (χ1) is 19.7. The fraction of sp³-hybridized carbons (Fsp3) is 0.290. The van der Waals surface area contributed by atoms with Gasteiger partial charge in [0.1, 0.15) is 25.0 Å². The van der Waals surface area contributed by atoms with Crippen LogP contribution in [0.2, 0.25) is 0 Å². The van der Waals surface area contributed by atoms with E-state index in [1.54, 1.807) is 36.4 Å². The van der Waals surface area contributed by atoms with E-state index in [1.807, 2.05) is 62.4 Å². The summed E-state index contributed by atoms with van der Waals surface area (Å²) in [6.45, 7) is 3.43. The molecular weight excluding hydrogens is 526 g/mol. The number of carbonyl (C=O) groups is 4. The summed E-state index contributed by atoms with van der Waals surface area (Å²) in [5, 5.41) is 17.4. The number of para-hydroxylation sites is 1. The van der Waals surface area contributed by atoms with Gasteiger partial charge in [0.2, 0.25) is 11.7 Å². The summed E-state index contributed by atoms with van der Waals surface area (Å²) in [4.78, 5) is 50.4. The quantitative estimate of drug-likeness (QED) is 0.221. The maximum atomic E-state index is 12.8. The number of carbonyl (C=O) groups excluding carboxylic acids is 4. The van der Waals surface area contributed by atoms with Crippen LogP contribution in [0.15, 0.2) is 84.9 Å². The Morgan fingerprint density at radius 2 is 1.37 bits per heavy atom. The molecule has 3 aromatic carbocycles. The number of amides is 3. The van der Waals surface area contributed by atoms with Crippen LogP contribution < -0.4 is 20.7 Å². The Labute approximate surface area is 239 Å². The average molecular weight is 562 g/mol. The third kappa shape index (κ3) is 10.4. The van der Waals surface area contributed by atoms with Crippen LogP contribution in [0.3, 0.4) is 0 Å². The lowest BCUT2D eigenvalue weighted by molar-refractivity contribution is -0.135. The Balaban J connectivity index is 1.50. The van der Waals surface area contributed by atoms with Crippen molar-refractivity contribution in [2.75, 3.05) is 6.54 Å². The van der Waals surface area contributed by atoms with Crippen LogP contribution in [0.25, 0.3) is 0 Å². The van der Waals surface area contributed by atoms with Crippen molar-refractivity contribution in [1.82, 2.24) is 16.0 Å². The molecule has 10 nitrogen and oxygen atoms in total. The Kier molecular flexibility index (Phi) is 11.9. The maximum Gasteiger partial charge on any atom is 0.408 e. The Morgan fingerprint density at radius 1 is 0.780 bits per heavy atom. The van der Waals surface area contributed by atoms with Gasteiger partial charge in [0.05, 0.1) is 12.1 Å². The number of ketones is 1. The second-order valence-corrected chi connectivity index (χ2v) is 9.72. The molecule has 2 atom stereocenters. The van der Waals surface area contributed by atoms with Crippen LogP contribution >= 0.6 is 0 Å². The zero-order chi connectivity index (χ0) is 29.6. The smallest absolute Gasteiger partial charge is 0.408 e. The lowest BCUT2D eigenvalue weighted by Gasteiger charge is -2.21. The van der Waals surface area contributed by atoms with Gasteiger partial charge in [0, 0.05) is 0 Å². The van der Waals surface area contributed by atoms with Crippen LogP contribution in [-0.2, 0) is 27.5 Å². The van der Waals surface area contributed by atoms with Crippen molar-refractivity contribution in [3.63, 3.8) is 0 Å². The van der Waals surface area contributed by atoms with Gasteiger partial charge >= 0.3 is 6.09 Å². The fourth-order valence-electron chi connectivity index (χ4n) is 3.80. The molecule has 0 fully saturated rings. The Hall–Kier alpha value is -4.70. The number of hydrogen-bond acceptors (Lipinski definition) is 7. The van der Waals surface area contributed by atoms with E-state index in [9.17, 15) is 24.3 Å². The highest BCUT2D eigenvalue weighted by Crippen LogP contribution is 2.19. The van der Waals surface area contributed by atoms with Crippen molar-refractivity contribution in [2.45, 2.75) is 45.8 Å². The number of aliphatic hydroxyl groups is 1. The van der Waals surface area contributed by atoms with Crippen molar-refractivity contribution >= 4 is 23.7 Å². The molecule has 0 saturated carbocycles. The molecular formula is C31H35N3O7. The summed E-state index contributed by atoms with van der Waals surface area (Å²) in [6.07, 6.45) is -2.47. The van der Waals surface area contributed by atoms with E-state index in [-0.39, 0.29) is 31.1 Å². The van der Waals surface area contributed by atoms with E-state index in [1.165, 1.54) is 0 Å². The molecule has 0 spiro atoms. The van der Waals surface area contributed by atoms with Crippen molar-refractivity contribution in [1.29, 1.82) is 0 Å². The summed E-state index contributed by atoms with van der Waals surface area (Å²) in [5.41, 5.74) is 1.91. The minimum atomic E-state index is -1.90. The molecule has 0 aliphatic rings. The first kappa shape index (κ1) is 30.8. The highest BCUT2D eigenvalue weighted by molar-refractivity contribution is 6.00. The number of nitrogens with one attached hydrogen (secondary N) is 3. The third-order valence-corrected chi connectivity index (χ3v) is 5.90. The van der Waals surface area contributed by atoms with Gasteiger partial charge in [-0.3, -0.25) is 14.4 Å². The highest BCUT2D eigenvalue weighted by Gasteiger charge is 2.27. The average Bonchev–Trinajstić information content (AvgIpc) is 2.98. The number of hydrogen-bond donors (Lipinski definition) is 4. The molecule has 4 N–H and O–H groups in total. The van der Waals surface area contributed by atoms with Crippen molar-refractivity contribution in [2.24, 2.45) is 5.92 Å². The number of rotatable bonds is 14. The van der Waals surface area contributed by atoms with Crippen molar-refractivity contribution in [3.8, 4) is 5.75 Å². The summed E-state index contributed by atoms with van der Waals surface area (Å²) in [5.74, 6) is -1.85. The largest absolute Gasteiger partial charge is 0.488 e. The lowest BCUT2D eigenvalue weighted by atomic mass is 10.0. The molecule has 0 aliphatic heterocycles. The van der Waals surface area contributed by atoms with Gasteiger partial charge in [-0.2, -0.15) is 0 Å². The highest BCUT2D eigenvalue weighted by atomic mass is 16.5. The van der Waals surface area contributed by atoms with Gasteiger partial charge in [0.15, 0.2) is 6.23 Å². The molecule has 3 amide bonds. The second kappa shape index (κ2) is 15.8. The van der Waals surface area contributed by atoms with Gasteiger partial charge in [0.25, 0.3) is 5.91 Å². The molecule has 0 saturated heterocycles. The van der Waals surface area contributed by atoms with Crippen LogP contribution in [0.1, 0.15) is 41.8 Å². The van der Waals surface area contributed by atoms with E-state index in [4.69, 9.17) is 9.47 Å². The van der Waals surface area contributed by atoms with Gasteiger partial charge in [-0.1, -0.05) is 86.6 Å². The molecule has 41 heavy (non-hydrogen) atoms. The number of Topliss-reactive ketones (excluding diaryl/α,β-unsaturated/α-hetero) is 1. The Bertz CT molecular complexity index is 1300. The molecule has 216 valence electrons. The zero-order valence-corrected chi connectivity index (χ0v) is 23.0. The van der Waals surface area contributed by atoms with Crippen LogP contribution in [0.4, 0.5) is 4.79 Å². The topological polar surface area (TPSA) is 143 Å². The van der Waals surface area contributed by atoms with Crippen molar-refractivity contribution in [3.05, 3.63) is 102 Å². The van der Waals surface area contributed by atoms with Gasteiger partial charge in [-0.25, -0.2) is 4.79 Å². The van der Waals surface area contributed by atoms with Crippen LogP contribution in [0, 0.1) is 5.92 Å². The van der Waals surface area contributed by atoms with Crippen molar-refractivity contribution < 1.29 is 33.8 Å². The second-order valence-electron chi connectivity index (χ2n) is 9.72. The number of aliphatic hydroxyl groups excluding tert-OH is 1. The van der Waals surface area contributed by atoms with E-state index in [2.05, 4.69) is 16.0 Å². The van der Waals surface area contributed by atoms with Crippen LogP contribution in [0.5, 0.6) is 5.75 Å². The molecule has 0 heterocycles. The molecule has 0 bridgehead atoms.